The van der Waals surface area contributed by atoms with Crippen molar-refractivity contribution < 1.29 is 0 Å². The number of hydrogen-bond donors (Lipinski definition) is 2. The van der Waals surface area contributed by atoms with E-state index in [9.17, 15) is 0 Å². The summed E-state index contributed by atoms with van der Waals surface area (Å²) in [5, 5.41) is 0. The molecule has 4 nitrogen and oxygen atoms in total. The molecule has 1 aromatic carbocycles. The van der Waals surface area contributed by atoms with Crippen LogP contribution in [0.4, 0.5) is 5.69 Å². The molecule has 4 heteroatoms. The summed E-state index contributed by atoms with van der Waals surface area (Å²) in [6.07, 6.45) is 8.43. The molecular formula is C17H24N4. The van der Waals surface area contributed by atoms with Crippen LogP contribution in [0, 0.1) is 5.92 Å². The van der Waals surface area contributed by atoms with E-state index < -0.39 is 0 Å². The first-order chi connectivity index (χ1) is 10.3. The molecule has 0 spiro atoms. The highest BCUT2D eigenvalue weighted by Crippen LogP contribution is 2.35. The van der Waals surface area contributed by atoms with Crippen LogP contribution < -0.4 is 5.73 Å². The largest absolute Gasteiger partial charge is 0.399 e. The summed E-state index contributed by atoms with van der Waals surface area (Å²) in [5.41, 5.74) is 8.72. The summed E-state index contributed by atoms with van der Waals surface area (Å²) in [4.78, 5) is 10.8. The van der Waals surface area contributed by atoms with Gasteiger partial charge in [-0.05, 0) is 56.3 Å². The van der Waals surface area contributed by atoms with Crippen LogP contribution in [0.1, 0.15) is 44.3 Å². The van der Waals surface area contributed by atoms with Crippen LogP contribution in [-0.4, -0.2) is 27.5 Å². The molecule has 1 saturated heterocycles. The summed E-state index contributed by atoms with van der Waals surface area (Å²) < 4.78 is 0. The highest BCUT2D eigenvalue weighted by Gasteiger charge is 2.33. The van der Waals surface area contributed by atoms with Gasteiger partial charge in [0.05, 0.1) is 17.6 Å². The van der Waals surface area contributed by atoms with E-state index in [-0.39, 0.29) is 0 Å². The van der Waals surface area contributed by atoms with Gasteiger partial charge in [0.25, 0.3) is 0 Å². The van der Waals surface area contributed by atoms with Crippen LogP contribution >= 0.6 is 0 Å². The molecule has 1 atom stereocenters. The number of aromatic nitrogens is 2. The molecule has 3 N–H and O–H groups in total. The topological polar surface area (TPSA) is 57.9 Å². The number of benzene rings is 1. The Hall–Kier alpha value is -1.55. The second-order valence-electron chi connectivity index (χ2n) is 6.68. The molecule has 4 rings (SSSR count). The van der Waals surface area contributed by atoms with Gasteiger partial charge in [-0.2, -0.15) is 0 Å². The predicted octanol–water partition coefficient (Wildman–Crippen LogP) is 3.30. The molecule has 1 aliphatic carbocycles. The van der Waals surface area contributed by atoms with Crippen LogP contribution in [0.15, 0.2) is 18.2 Å². The van der Waals surface area contributed by atoms with Gasteiger partial charge in [0.15, 0.2) is 0 Å². The molecular weight excluding hydrogens is 260 g/mol. The fourth-order valence-electron chi connectivity index (χ4n) is 4.27. The quantitative estimate of drug-likeness (QED) is 0.850. The number of fused-ring (bicyclic) bond motifs is 1. The third-order valence-electron chi connectivity index (χ3n) is 5.27. The second-order valence-corrected chi connectivity index (χ2v) is 6.68. The lowest BCUT2D eigenvalue weighted by Crippen LogP contribution is -2.34. The van der Waals surface area contributed by atoms with Gasteiger partial charge in [0, 0.05) is 11.7 Å². The van der Waals surface area contributed by atoms with E-state index in [1.54, 1.807) is 0 Å². The minimum atomic E-state index is 0.783. The van der Waals surface area contributed by atoms with Crippen molar-refractivity contribution in [2.24, 2.45) is 5.92 Å². The van der Waals surface area contributed by atoms with E-state index in [1.165, 1.54) is 45.1 Å². The highest BCUT2D eigenvalue weighted by molar-refractivity contribution is 5.78. The van der Waals surface area contributed by atoms with Crippen molar-refractivity contribution in [3.8, 4) is 0 Å². The third-order valence-corrected chi connectivity index (χ3v) is 5.27. The smallest absolute Gasteiger partial charge is 0.121 e. The van der Waals surface area contributed by atoms with E-state index in [0.29, 0.717) is 0 Å². The SMILES string of the molecule is Nc1ccc2nc(CN3CCCC3C3CCCC3)[nH]c2c1. The first-order valence-corrected chi connectivity index (χ1v) is 8.28. The van der Waals surface area contributed by atoms with Crippen LogP contribution in [0.3, 0.4) is 0 Å². The molecule has 2 fully saturated rings. The van der Waals surface area contributed by atoms with Gasteiger partial charge in [-0.3, -0.25) is 4.90 Å². The second kappa shape index (κ2) is 5.34. The van der Waals surface area contributed by atoms with Crippen molar-refractivity contribution in [1.82, 2.24) is 14.9 Å². The summed E-state index contributed by atoms with van der Waals surface area (Å²) in [5.74, 6) is 2.01. The van der Waals surface area contributed by atoms with E-state index in [0.717, 1.165) is 41.0 Å². The Kier molecular flexibility index (Phi) is 3.34. The van der Waals surface area contributed by atoms with Gasteiger partial charge in [-0.25, -0.2) is 4.98 Å². The molecule has 21 heavy (non-hydrogen) atoms. The van der Waals surface area contributed by atoms with Crippen molar-refractivity contribution in [3.05, 3.63) is 24.0 Å². The monoisotopic (exact) mass is 284 g/mol. The Labute approximate surface area is 125 Å². The number of rotatable bonds is 3. The van der Waals surface area contributed by atoms with Gasteiger partial charge in [0.2, 0.25) is 0 Å². The van der Waals surface area contributed by atoms with Gasteiger partial charge < -0.3 is 10.7 Å². The molecule has 112 valence electrons. The van der Waals surface area contributed by atoms with E-state index in [1.807, 2.05) is 18.2 Å². The number of imidazole rings is 1. The minimum absolute atomic E-state index is 0.783. The number of anilines is 1. The van der Waals surface area contributed by atoms with Crippen LogP contribution in [0.2, 0.25) is 0 Å². The summed E-state index contributed by atoms with van der Waals surface area (Å²) in [6, 6.07) is 6.68. The van der Waals surface area contributed by atoms with Gasteiger partial charge in [-0.1, -0.05) is 12.8 Å². The zero-order chi connectivity index (χ0) is 14.2. The average Bonchev–Trinajstić information content (AvgIpc) is 3.16. The fourth-order valence-corrected chi connectivity index (χ4v) is 4.27. The standard InChI is InChI=1S/C17H24N4/c18-13-7-8-14-15(10-13)20-17(19-14)11-21-9-3-6-16(21)12-4-1-2-5-12/h7-8,10,12,16H,1-6,9,11,18H2,(H,19,20). The molecule has 1 unspecified atom stereocenters. The molecule has 2 heterocycles. The predicted molar refractivity (Wildman–Crippen MR) is 85.9 cm³/mol. The Morgan fingerprint density at radius 3 is 2.90 bits per heavy atom. The molecule has 1 aliphatic heterocycles. The first kappa shape index (κ1) is 13.1. The van der Waals surface area contributed by atoms with E-state index in [2.05, 4.69) is 9.88 Å². The van der Waals surface area contributed by atoms with Crippen LogP contribution in [0.25, 0.3) is 11.0 Å². The summed E-state index contributed by atoms with van der Waals surface area (Å²) >= 11 is 0. The van der Waals surface area contributed by atoms with Crippen molar-refractivity contribution in [1.29, 1.82) is 0 Å². The van der Waals surface area contributed by atoms with Crippen molar-refractivity contribution >= 4 is 16.7 Å². The number of nitrogens with two attached hydrogens (primary N) is 1. The number of hydrogen-bond acceptors (Lipinski definition) is 3. The van der Waals surface area contributed by atoms with Crippen molar-refractivity contribution in [2.75, 3.05) is 12.3 Å². The zero-order valence-corrected chi connectivity index (χ0v) is 12.5. The maximum Gasteiger partial charge on any atom is 0.121 e. The van der Waals surface area contributed by atoms with Crippen LogP contribution in [0.5, 0.6) is 0 Å². The zero-order valence-electron chi connectivity index (χ0n) is 12.5. The number of aromatic amines is 1. The Morgan fingerprint density at radius 2 is 2.05 bits per heavy atom. The number of nitrogens with zero attached hydrogens (tertiary/aromatic N) is 2. The lowest BCUT2D eigenvalue weighted by atomic mass is 9.96. The highest BCUT2D eigenvalue weighted by atomic mass is 15.2. The molecule has 0 radical (unpaired) electrons. The minimum Gasteiger partial charge on any atom is -0.399 e. The lowest BCUT2D eigenvalue weighted by molar-refractivity contribution is 0.180. The molecule has 0 amide bonds. The lowest BCUT2D eigenvalue weighted by Gasteiger charge is -2.28. The average molecular weight is 284 g/mol. The fraction of sp³-hybridized carbons (Fsp3) is 0.588. The molecule has 0 bridgehead atoms. The summed E-state index contributed by atoms with van der Waals surface area (Å²) in [6.45, 7) is 2.18. The maximum absolute atomic E-state index is 5.84. The first-order valence-electron chi connectivity index (χ1n) is 8.28. The van der Waals surface area contributed by atoms with E-state index >= 15 is 0 Å². The molecule has 1 aromatic heterocycles. The van der Waals surface area contributed by atoms with Gasteiger partial charge in [-0.15, -0.1) is 0 Å². The molecule has 2 aliphatic rings. The van der Waals surface area contributed by atoms with Gasteiger partial charge in [0.1, 0.15) is 5.82 Å². The van der Waals surface area contributed by atoms with Crippen LogP contribution in [-0.2, 0) is 6.54 Å². The summed E-state index contributed by atoms with van der Waals surface area (Å²) in [7, 11) is 0. The third kappa shape index (κ3) is 2.53. The van der Waals surface area contributed by atoms with Crippen molar-refractivity contribution in [3.63, 3.8) is 0 Å². The number of nitrogen functional groups attached to an aromatic ring is 1. The molecule has 1 saturated carbocycles. The van der Waals surface area contributed by atoms with Gasteiger partial charge >= 0.3 is 0 Å². The number of likely N-dealkylation sites (tertiary alicyclic amines) is 1. The Morgan fingerprint density at radius 1 is 1.19 bits per heavy atom. The van der Waals surface area contributed by atoms with Crippen molar-refractivity contribution in [2.45, 2.75) is 51.1 Å². The Balaban J connectivity index is 1.53. The Bertz CT molecular complexity index is 627. The normalized spacial score (nSPS) is 24.3. The number of nitrogens with one attached hydrogen (secondary N) is 1. The maximum atomic E-state index is 5.84. The number of H-pyrrole nitrogens is 1. The molecule has 2 aromatic rings. The van der Waals surface area contributed by atoms with E-state index in [4.69, 9.17) is 10.7 Å².